The highest BCUT2D eigenvalue weighted by atomic mass is 32.2. The molecule has 0 bridgehead atoms. The molecule has 0 unspecified atom stereocenters. The average Bonchev–Trinajstić information content (AvgIpc) is 2.34. The Labute approximate surface area is 122 Å². The van der Waals surface area contributed by atoms with E-state index in [2.05, 4.69) is 10.6 Å². The molecule has 0 heterocycles. The number of anilines is 1. The number of nitrogens with two attached hydrogens (primary N) is 1. The molecule has 0 saturated heterocycles. The summed E-state index contributed by atoms with van der Waals surface area (Å²) in [6.45, 7) is 3.31. The molecule has 21 heavy (non-hydrogen) atoms. The number of rotatable bonds is 5. The lowest BCUT2D eigenvalue weighted by molar-refractivity contribution is -0.140. The summed E-state index contributed by atoms with van der Waals surface area (Å²) in [5, 5.41) is 18.6. The zero-order chi connectivity index (χ0) is 16.2. The van der Waals surface area contributed by atoms with E-state index in [-0.39, 0.29) is 16.5 Å². The molecule has 0 aliphatic carbocycles. The Kier molecular flexibility index (Phi) is 5.28. The van der Waals surface area contributed by atoms with Crippen LogP contribution in [-0.2, 0) is 14.8 Å². The number of carboxylic acid groups (broad SMARTS) is 1. The summed E-state index contributed by atoms with van der Waals surface area (Å²) < 4.78 is 22.4. The Morgan fingerprint density at radius 1 is 1.29 bits per heavy atom. The first-order valence-electron chi connectivity index (χ1n) is 6.04. The molecule has 8 nitrogen and oxygen atoms in total. The minimum atomic E-state index is -3.88. The fraction of sp³-hybridized carbons (Fsp3) is 0.333. The summed E-state index contributed by atoms with van der Waals surface area (Å²) in [6.07, 6.45) is 0. The largest absolute Gasteiger partial charge is 0.480 e. The number of hydrogen-bond donors (Lipinski definition) is 4. The fourth-order valence-electron chi connectivity index (χ4n) is 1.57. The van der Waals surface area contributed by atoms with Crippen molar-refractivity contribution in [2.24, 2.45) is 11.1 Å². The first kappa shape index (κ1) is 16.9. The molecule has 0 spiro atoms. The van der Waals surface area contributed by atoms with Crippen molar-refractivity contribution >= 4 is 27.7 Å². The number of primary sulfonamides is 1. The molecule has 0 aliphatic heterocycles. The lowest BCUT2D eigenvalue weighted by Crippen LogP contribution is -2.46. The maximum atomic E-state index is 11.7. The number of hydrogen-bond acceptors (Lipinski definition) is 4. The van der Waals surface area contributed by atoms with Crippen LogP contribution < -0.4 is 15.8 Å². The van der Waals surface area contributed by atoms with Crippen molar-refractivity contribution in [3.05, 3.63) is 24.3 Å². The zero-order valence-electron chi connectivity index (χ0n) is 11.5. The summed E-state index contributed by atoms with van der Waals surface area (Å²) in [5.41, 5.74) is 0.187. The van der Waals surface area contributed by atoms with E-state index in [1.165, 1.54) is 24.3 Å². The molecule has 1 aromatic rings. The Hall–Kier alpha value is -2.13. The number of benzene rings is 1. The van der Waals surface area contributed by atoms with Crippen LogP contribution in [0.4, 0.5) is 10.5 Å². The van der Waals surface area contributed by atoms with E-state index in [1.54, 1.807) is 13.8 Å². The molecular weight excluding hydrogens is 298 g/mol. The van der Waals surface area contributed by atoms with Gasteiger partial charge < -0.3 is 15.7 Å². The molecule has 116 valence electrons. The predicted molar refractivity (Wildman–Crippen MR) is 76.2 cm³/mol. The van der Waals surface area contributed by atoms with Gasteiger partial charge in [0, 0.05) is 5.69 Å². The van der Waals surface area contributed by atoms with E-state index >= 15 is 0 Å². The van der Waals surface area contributed by atoms with Gasteiger partial charge in [-0.1, -0.05) is 19.9 Å². The highest BCUT2D eigenvalue weighted by molar-refractivity contribution is 7.89. The number of carboxylic acids is 1. The molecule has 1 atom stereocenters. The fourth-order valence-corrected chi connectivity index (χ4v) is 2.13. The summed E-state index contributed by atoms with van der Waals surface area (Å²) in [6, 6.07) is 3.53. The summed E-state index contributed by atoms with van der Waals surface area (Å²) in [4.78, 5) is 22.5. The van der Waals surface area contributed by atoms with Crippen molar-refractivity contribution in [3.63, 3.8) is 0 Å². The molecule has 0 aromatic heterocycles. The second-order valence-corrected chi connectivity index (χ2v) is 6.29. The van der Waals surface area contributed by atoms with Gasteiger partial charge in [0.05, 0.1) is 4.90 Å². The second kappa shape index (κ2) is 6.55. The highest BCUT2D eigenvalue weighted by Gasteiger charge is 2.23. The van der Waals surface area contributed by atoms with Crippen LogP contribution in [0.2, 0.25) is 0 Å². The van der Waals surface area contributed by atoms with Crippen LogP contribution in [0.5, 0.6) is 0 Å². The number of amides is 2. The molecule has 0 aliphatic rings. The summed E-state index contributed by atoms with van der Waals surface area (Å²) in [7, 11) is -3.88. The first-order valence-corrected chi connectivity index (χ1v) is 7.59. The van der Waals surface area contributed by atoms with Crippen molar-refractivity contribution in [1.82, 2.24) is 5.32 Å². The smallest absolute Gasteiger partial charge is 0.326 e. The number of nitrogens with one attached hydrogen (secondary N) is 2. The molecule has 0 radical (unpaired) electrons. The quantitative estimate of drug-likeness (QED) is 0.629. The number of sulfonamides is 1. The van der Waals surface area contributed by atoms with Crippen molar-refractivity contribution in [2.75, 3.05) is 5.32 Å². The standard InChI is InChI=1S/C12H17N3O5S/c1-7(2)10(11(16)17)15-12(18)14-8-4-3-5-9(6-8)21(13,19)20/h3-7,10H,1-2H3,(H,16,17)(H2,13,19,20)(H2,14,15,18)/t10-/m0/s1. The third-order valence-electron chi connectivity index (χ3n) is 2.64. The lowest BCUT2D eigenvalue weighted by atomic mass is 10.1. The van der Waals surface area contributed by atoms with E-state index in [9.17, 15) is 18.0 Å². The SMILES string of the molecule is CC(C)[C@H](NC(=O)Nc1cccc(S(N)(=O)=O)c1)C(=O)O. The van der Waals surface area contributed by atoms with Crippen LogP contribution in [0.3, 0.4) is 0 Å². The number of carbonyl (C=O) groups is 2. The van der Waals surface area contributed by atoms with Crippen molar-refractivity contribution < 1.29 is 23.1 Å². The maximum absolute atomic E-state index is 11.7. The monoisotopic (exact) mass is 315 g/mol. The first-order chi connectivity index (χ1) is 9.61. The van der Waals surface area contributed by atoms with Gasteiger partial charge in [-0.25, -0.2) is 23.1 Å². The summed E-state index contributed by atoms with van der Waals surface area (Å²) >= 11 is 0. The van der Waals surface area contributed by atoms with Gasteiger partial charge in [0.2, 0.25) is 10.0 Å². The topological polar surface area (TPSA) is 139 Å². The Bertz CT molecular complexity index is 642. The van der Waals surface area contributed by atoms with E-state index in [0.29, 0.717) is 0 Å². The van der Waals surface area contributed by atoms with E-state index in [1.807, 2.05) is 0 Å². The van der Waals surface area contributed by atoms with Gasteiger partial charge in [0.15, 0.2) is 0 Å². The van der Waals surface area contributed by atoms with Gasteiger partial charge in [-0.15, -0.1) is 0 Å². The minimum Gasteiger partial charge on any atom is -0.480 e. The maximum Gasteiger partial charge on any atom is 0.326 e. The highest BCUT2D eigenvalue weighted by Crippen LogP contribution is 2.14. The second-order valence-electron chi connectivity index (χ2n) is 4.73. The molecule has 9 heteroatoms. The van der Waals surface area contributed by atoms with Gasteiger partial charge in [-0.2, -0.15) is 0 Å². The molecule has 2 amide bonds. The van der Waals surface area contributed by atoms with Crippen molar-refractivity contribution in [3.8, 4) is 0 Å². The van der Waals surface area contributed by atoms with Crippen LogP contribution in [0.1, 0.15) is 13.8 Å². The van der Waals surface area contributed by atoms with Gasteiger partial charge in [0.1, 0.15) is 6.04 Å². The van der Waals surface area contributed by atoms with E-state index in [4.69, 9.17) is 10.2 Å². The average molecular weight is 315 g/mol. The molecule has 0 saturated carbocycles. The Morgan fingerprint density at radius 2 is 1.90 bits per heavy atom. The molecular formula is C12H17N3O5S. The molecule has 1 rings (SSSR count). The molecule has 1 aromatic carbocycles. The zero-order valence-corrected chi connectivity index (χ0v) is 12.3. The lowest BCUT2D eigenvalue weighted by Gasteiger charge is -2.18. The van der Waals surface area contributed by atoms with E-state index in [0.717, 1.165) is 0 Å². The Morgan fingerprint density at radius 3 is 2.38 bits per heavy atom. The predicted octanol–water partition coefficient (Wildman–Crippen LogP) is 0.565. The van der Waals surface area contributed by atoms with Crippen molar-refractivity contribution in [2.45, 2.75) is 24.8 Å². The summed E-state index contributed by atoms with van der Waals surface area (Å²) in [5.74, 6) is -1.46. The third kappa shape index (κ3) is 5.04. The van der Waals surface area contributed by atoms with Gasteiger partial charge >= 0.3 is 12.0 Å². The van der Waals surface area contributed by atoms with Gasteiger partial charge in [0.25, 0.3) is 0 Å². The van der Waals surface area contributed by atoms with Crippen LogP contribution in [0.15, 0.2) is 29.2 Å². The molecule has 0 fully saturated rings. The number of aliphatic carboxylic acids is 1. The van der Waals surface area contributed by atoms with Crippen LogP contribution in [0.25, 0.3) is 0 Å². The Balaban J connectivity index is 2.82. The minimum absolute atomic E-state index is 0.154. The van der Waals surface area contributed by atoms with Gasteiger partial charge in [-0.05, 0) is 24.1 Å². The third-order valence-corrected chi connectivity index (χ3v) is 3.55. The number of carbonyl (C=O) groups excluding carboxylic acids is 1. The number of urea groups is 1. The van der Waals surface area contributed by atoms with Crippen LogP contribution >= 0.6 is 0 Å². The normalized spacial score (nSPS) is 12.8. The van der Waals surface area contributed by atoms with Gasteiger partial charge in [-0.3, -0.25) is 0 Å². The van der Waals surface area contributed by atoms with E-state index < -0.39 is 28.1 Å². The molecule has 5 N–H and O–H groups in total. The van der Waals surface area contributed by atoms with Crippen LogP contribution in [-0.4, -0.2) is 31.6 Å². The van der Waals surface area contributed by atoms with Crippen LogP contribution in [0, 0.1) is 5.92 Å². The van der Waals surface area contributed by atoms with Crippen molar-refractivity contribution in [1.29, 1.82) is 0 Å².